The van der Waals surface area contributed by atoms with Gasteiger partial charge in [-0.1, -0.05) is 38.1 Å². The Labute approximate surface area is 391 Å². The lowest BCUT2D eigenvalue weighted by atomic mass is 9.59. The topological polar surface area (TPSA) is 205 Å². The highest BCUT2D eigenvalue weighted by molar-refractivity contribution is 7.90. The van der Waals surface area contributed by atoms with E-state index in [1.807, 2.05) is 13.0 Å². The summed E-state index contributed by atoms with van der Waals surface area (Å²) in [5.74, 6) is -0.526. The van der Waals surface area contributed by atoms with E-state index >= 15 is 0 Å². The number of sulfonamides is 1. The predicted octanol–water partition coefficient (Wildman–Crippen LogP) is 8.99. The maximum absolute atomic E-state index is 14.1. The molecule has 4 N–H and O–H groups in total. The zero-order valence-corrected chi connectivity index (χ0v) is 39.2. The Balaban J connectivity index is 0.845. The number of carbonyl (C=O) groups excluding carboxylic acids is 1. The summed E-state index contributed by atoms with van der Waals surface area (Å²) in [4.78, 5) is 42.2. The number of hydrogen-bond acceptors (Lipinski definition) is 13. The van der Waals surface area contributed by atoms with Crippen LogP contribution in [0.3, 0.4) is 0 Å². The second kappa shape index (κ2) is 17.7. The summed E-state index contributed by atoms with van der Waals surface area (Å²) in [5.41, 5.74) is 3.97. The Kier molecular flexibility index (Phi) is 11.9. The third kappa shape index (κ3) is 9.17. The quantitative estimate of drug-likeness (QED) is 0.0682. The first-order chi connectivity index (χ1) is 32.1. The van der Waals surface area contributed by atoms with Crippen LogP contribution in [-0.4, -0.2) is 88.1 Å². The summed E-state index contributed by atoms with van der Waals surface area (Å²) >= 11 is 0. The first-order valence-corrected chi connectivity index (χ1v) is 25.3. The van der Waals surface area contributed by atoms with Gasteiger partial charge in [-0.05, 0) is 147 Å². The van der Waals surface area contributed by atoms with Gasteiger partial charge in [0.05, 0.1) is 23.4 Å². The van der Waals surface area contributed by atoms with Crippen molar-refractivity contribution >= 4 is 44.2 Å². The highest BCUT2D eigenvalue weighted by atomic mass is 32.2. The van der Waals surface area contributed by atoms with Crippen LogP contribution in [0.1, 0.15) is 125 Å². The number of nitrogens with one attached hydrogen (secondary N) is 3. The summed E-state index contributed by atoms with van der Waals surface area (Å²) in [6.45, 7) is 9.35. The van der Waals surface area contributed by atoms with Crippen molar-refractivity contribution in [1.82, 2.24) is 24.6 Å². The minimum absolute atomic E-state index is 0.0159. The van der Waals surface area contributed by atoms with Crippen molar-refractivity contribution in [1.29, 1.82) is 0 Å². The zero-order valence-electron chi connectivity index (χ0n) is 38.4. The number of amides is 1. The monoisotopic (exact) mass is 932 g/mol. The molecule has 2 aromatic carbocycles. The lowest BCUT2D eigenvalue weighted by Gasteiger charge is -2.56. The molecule has 5 aliphatic rings. The van der Waals surface area contributed by atoms with Crippen molar-refractivity contribution in [2.24, 2.45) is 11.3 Å². The van der Waals surface area contributed by atoms with E-state index in [0.717, 1.165) is 62.5 Å². The van der Waals surface area contributed by atoms with E-state index in [1.54, 1.807) is 30.5 Å². The number of fused-ring (bicyclic) bond motifs is 2. The van der Waals surface area contributed by atoms with Crippen LogP contribution in [0.4, 0.5) is 17.2 Å². The van der Waals surface area contributed by atoms with Gasteiger partial charge in [0, 0.05) is 54.6 Å². The summed E-state index contributed by atoms with van der Waals surface area (Å²) in [6.07, 6.45) is 13.8. The molecular weight excluding hydrogens is 873 g/mol. The second-order valence-electron chi connectivity index (χ2n) is 20.3. The molecule has 10 rings (SSSR count). The van der Waals surface area contributed by atoms with Crippen LogP contribution in [0.15, 0.2) is 78.1 Å². The lowest BCUT2D eigenvalue weighted by molar-refractivity contribution is -0.389. The molecule has 2 atom stereocenters. The van der Waals surface area contributed by atoms with Gasteiger partial charge in [0.1, 0.15) is 23.8 Å². The summed E-state index contributed by atoms with van der Waals surface area (Å²) < 4.78 is 42.2. The SMILES string of the molecule is CC(C)c1ccccc1[C@@H]1CCCN1C1CC2(CCN(c3ccc(C(=O)NS(=O)(=O)c4cc5c(c([N+](=O)[O-])n4)N[C@@H](C[C@H]4CC[C@](C)(O)CC4)CO5)c(Oc4cnc5[nH]ccc5c4)c3)CC2)C1. The van der Waals surface area contributed by atoms with Gasteiger partial charge in [0.2, 0.25) is 0 Å². The van der Waals surface area contributed by atoms with Gasteiger partial charge >= 0.3 is 15.8 Å². The standard InChI is InChI=1S/C50H60N8O8S/c1-31(2)38-7-4-5-8-39(38)41-9-6-20-57(41)36-27-50(28-36)17-21-56(22-18-50)35-10-11-40(42(25-35)66-37-24-33-14-19-51-46(33)52-29-37)48(59)55-67(63,64)44-26-43-45(47(54-44)58(61)62)53-34(30-65-43)23-32-12-15-49(3,60)16-13-32/h4-5,7-8,10-11,14,19,24-26,29,31-32,34,36,41,53,60H,6,9,12-13,15-18,20-23,27-28,30H2,1-3H3,(H,51,52)(H,55,59)/t32-,34-,41-,49-/m0/s1. The molecule has 17 heteroatoms. The number of aliphatic hydroxyl groups is 1. The Morgan fingerprint density at radius 2 is 1.82 bits per heavy atom. The van der Waals surface area contributed by atoms with E-state index < -0.39 is 37.3 Å². The van der Waals surface area contributed by atoms with Gasteiger partial charge in [-0.25, -0.2) is 9.71 Å². The molecule has 0 bridgehead atoms. The average Bonchev–Trinajstić information content (AvgIpc) is 3.98. The molecule has 6 heterocycles. The number of likely N-dealkylation sites (tertiary alicyclic amines) is 1. The Morgan fingerprint density at radius 1 is 1.04 bits per heavy atom. The fraction of sp³-hybridized carbons (Fsp3) is 0.500. The largest absolute Gasteiger partial charge is 0.489 e. The first-order valence-electron chi connectivity index (χ1n) is 23.9. The zero-order chi connectivity index (χ0) is 46.7. The van der Waals surface area contributed by atoms with E-state index in [9.17, 15) is 28.4 Å². The fourth-order valence-corrected chi connectivity index (χ4v) is 12.5. The van der Waals surface area contributed by atoms with Gasteiger partial charge in [-0.3, -0.25) is 9.69 Å². The number of aromatic nitrogens is 3. The van der Waals surface area contributed by atoms with Gasteiger partial charge in [0.25, 0.3) is 10.9 Å². The summed E-state index contributed by atoms with van der Waals surface area (Å²) in [6, 6.07) is 19.6. The maximum Gasteiger partial charge on any atom is 0.392 e. The Bertz CT molecular complexity index is 2790. The molecule has 0 unspecified atom stereocenters. The number of H-pyrrole nitrogens is 1. The lowest BCUT2D eigenvalue weighted by Crippen LogP contribution is -2.54. The first kappa shape index (κ1) is 45.0. The smallest absolute Gasteiger partial charge is 0.392 e. The van der Waals surface area contributed by atoms with E-state index in [0.29, 0.717) is 60.0 Å². The van der Waals surface area contributed by atoms with Crippen molar-refractivity contribution < 1.29 is 32.7 Å². The number of pyridine rings is 2. The molecule has 4 fully saturated rings. The van der Waals surface area contributed by atoms with Crippen LogP contribution in [0.25, 0.3) is 11.0 Å². The van der Waals surface area contributed by atoms with Gasteiger partial charge in [0.15, 0.2) is 11.4 Å². The fourth-order valence-electron chi connectivity index (χ4n) is 11.5. The molecule has 0 radical (unpaired) electrons. The molecule has 2 saturated carbocycles. The number of ether oxygens (including phenoxy) is 2. The Hall–Kier alpha value is -5.78. The average molecular weight is 933 g/mol. The van der Waals surface area contributed by atoms with Gasteiger partial charge in [-0.2, -0.15) is 8.42 Å². The molecule has 67 heavy (non-hydrogen) atoms. The van der Waals surface area contributed by atoms with Crippen molar-refractivity contribution in [2.45, 2.75) is 126 Å². The van der Waals surface area contributed by atoms with Crippen LogP contribution >= 0.6 is 0 Å². The number of nitro groups is 1. The van der Waals surface area contributed by atoms with Crippen molar-refractivity contribution in [2.75, 3.05) is 36.5 Å². The molecule has 16 nitrogen and oxygen atoms in total. The Morgan fingerprint density at radius 3 is 2.58 bits per heavy atom. The molecule has 3 aliphatic heterocycles. The molecule has 2 aliphatic carbocycles. The third-order valence-corrected chi connectivity index (χ3v) is 16.5. The normalized spacial score (nSPS) is 24.2. The van der Waals surface area contributed by atoms with E-state index in [-0.39, 0.29) is 35.4 Å². The number of nitrogens with zero attached hydrogens (tertiary/aromatic N) is 5. The van der Waals surface area contributed by atoms with Crippen molar-refractivity contribution in [3.8, 4) is 17.2 Å². The molecule has 3 aromatic heterocycles. The number of rotatable bonds is 12. The van der Waals surface area contributed by atoms with Gasteiger partial charge in [-0.15, -0.1) is 0 Å². The third-order valence-electron chi connectivity index (χ3n) is 15.3. The predicted molar refractivity (Wildman–Crippen MR) is 254 cm³/mol. The van der Waals surface area contributed by atoms with Crippen LogP contribution in [0, 0.1) is 21.4 Å². The molecule has 1 spiro atoms. The number of carbonyl (C=O) groups is 1. The minimum atomic E-state index is -4.76. The van der Waals surface area contributed by atoms with Crippen LogP contribution < -0.4 is 24.4 Å². The van der Waals surface area contributed by atoms with E-state index in [2.05, 4.69) is 72.9 Å². The highest BCUT2D eigenvalue weighted by Crippen LogP contribution is 2.54. The van der Waals surface area contributed by atoms with Crippen LogP contribution in [-0.2, 0) is 10.0 Å². The van der Waals surface area contributed by atoms with Crippen molar-refractivity contribution in [3.05, 3.63) is 99.9 Å². The van der Waals surface area contributed by atoms with Crippen molar-refractivity contribution in [3.63, 3.8) is 0 Å². The minimum Gasteiger partial charge on any atom is -0.489 e. The molecule has 2 saturated heterocycles. The number of benzene rings is 2. The highest BCUT2D eigenvalue weighted by Gasteiger charge is 2.50. The maximum atomic E-state index is 14.1. The van der Waals surface area contributed by atoms with Crippen LogP contribution in [0.5, 0.6) is 17.2 Å². The number of aromatic amines is 1. The summed E-state index contributed by atoms with van der Waals surface area (Å²) in [7, 11) is -4.76. The molecular formula is C50H60N8O8S. The molecule has 5 aromatic rings. The molecule has 354 valence electrons. The van der Waals surface area contributed by atoms with Crippen LogP contribution in [0.2, 0.25) is 0 Å². The van der Waals surface area contributed by atoms with E-state index in [4.69, 9.17) is 9.47 Å². The number of piperidine rings is 1. The second-order valence-corrected chi connectivity index (χ2v) is 21.9. The van der Waals surface area contributed by atoms with E-state index in [1.165, 1.54) is 43.0 Å². The number of hydrogen-bond donors (Lipinski definition) is 4. The van der Waals surface area contributed by atoms with Gasteiger partial charge < -0.3 is 39.9 Å². The summed E-state index contributed by atoms with van der Waals surface area (Å²) in [5, 5.41) is 25.9. The number of anilines is 2. The molecule has 1 amide bonds.